The number of imidazole rings is 1. The van der Waals surface area contributed by atoms with E-state index in [4.69, 9.17) is 20.9 Å². The zero-order valence-corrected chi connectivity index (χ0v) is 21.6. The van der Waals surface area contributed by atoms with E-state index in [-0.39, 0.29) is 24.9 Å². The third-order valence-electron chi connectivity index (χ3n) is 6.86. The number of H-pyrrole nitrogens is 1. The Balaban J connectivity index is 1.60. The molecular weight excluding hydrogens is 470 g/mol. The highest BCUT2D eigenvalue weighted by Crippen LogP contribution is 2.32. The van der Waals surface area contributed by atoms with Crippen LogP contribution in [-0.4, -0.2) is 58.8 Å². The molecule has 1 aliphatic rings. The first-order chi connectivity index (χ1) is 17.7. The number of aromatic amines is 1. The normalized spacial score (nSPS) is 14.9. The maximum atomic E-state index is 13.7. The fraction of sp³-hybridized carbons (Fsp3) is 0.407. The zero-order chi connectivity index (χ0) is 26.6. The second kappa shape index (κ2) is 11.0. The Bertz CT molecular complexity index is 1300. The number of carbonyl (C=O) groups is 2. The first-order valence-electron chi connectivity index (χ1n) is 12.6. The van der Waals surface area contributed by atoms with Crippen molar-refractivity contribution >= 4 is 34.4 Å². The topological polar surface area (TPSA) is 149 Å². The van der Waals surface area contributed by atoms with E-state index < -0.39 is 11.5 Å². The van der Waals surface area contributed by atoms with Gasteiger partial charge in [0.25, 0.3) is 0 Å². The number of likely N-dealkylation sites (tertiary alicyclic amines) is 1. The van der Waals surface area contributed by atoms with Crippen LogP contribution in [0.5, 0.6) is 0 Å². The van der Waals surface area contributed by atoms with Crippen LogP contribution < -0.4 is 16.4 Å². The van der Waals surface area contributed by atoms with E-state index in [1.165, 1.54) is 0 Å². The van der Waals surface area contributed by atoms with Gasteiger partial charge in [-0.3, -0.25) is 20.3 Å². The lowest BCUT2D eigenvalue weighted by atomic mass is 9.86. The summed E-state index contributed by atoms with van der Waals surface area (Å²) in [5, 5.41) is 14.0. The molecule has 4 rings (SSSR count). The summed E-state index contributed by atoms with van der Waals surface area (Å²) in [6.07, 6.45) is 1.95. The molecule has 6 N–H and O–H groups in total. The second-order valence-corrected chi connectivity index (χ2v) is 9.45. The fourth-order valence-electron chi connectivity index (χ4n) is 4.83. The van der Waals surface area contributed by atoms with Crippen molar-refractivity contribution in [3.8, 4) is 0 Å². The molecule has 10 heteroatoms. The van der Waals surface area contributed by atoms with Crippen molar-refractivity contribution in [3.63, 3.8) is 0 Å². The number of aryl methyl sites for hydroxylation is 1. The maximum Gasteiger partial charge on any atom is 0.319 e. The minimum absolute atomic E-state index is 0.0297. The molecule has 0 spiro atoms. The van der Waals surface area contributed by atoms with Gasteiger partial charge in [-0.25, -0.2) is 4.98 Å². The van der Waals surface area contributed by atoms with Gasteiger partial charge in [0.2, 0.25) is 5.91 Å². The summed E-state index contributed by atoms with van der Waals surface area (Å²) < 4.78 is 5.10. The molecular formula is C27H35N7O3. The number of rotatable bonds is 10. The standard InChI is InChI=1S/C27H35N7O3/c1-4-37-23(35)16-31-27(3,26(36)34-13-5-6-14-34)20-11-12-21-24(17(20)2)33-22(32-21)15-30-19-9-7-18(8-10-19)25(28)29/h7-12,30-31H,4-6,13-16H2,1-3H3,(H3,28,29)(H,32,33)/t27-/m1/s1. The van der Waals surface area contributed by atoms with E-state index >= 15 is 0 Å². The van der Waals surface area contributed by atoms with Gasteiger partial charge in [0.15, 0.2) is 0 Å². The molecule has 0 bridgehead atoms. The molecule has 3 aromatic rings. The highest BCUT2D eigenvalue weighted by molar-refractivity contribution is 5.95. The number of fused-ring (bicyclic) bond motifs is 1. The summed E-state index contributed by atoms with van der Waals surface area (Å²) in [4.78, 5) is 35.9. The molecule has 0 unspecified atom stereocenters. The molecule has 2 aromatic carbocycles. The largest absolute Gasteiger partial charge is 0.465 e. The summed E-state index contributed by atoms with van der Waals surface area (Å²) in [5.41, 5.74) is 9.27. The molecule has 1 aromatic heterocycles. The highest BCUT2D eigenvalue weighted by Gasteiger charge is 2.41. The Morgan fingerprint density at radius 2 is 1.89 bits per heavy atom. The average molecular weight is 506 g/mol. The van der Waals surface area contributed by atoms with Gasteiger partial charge in [0.05, 0.1) is 30.7 Å². The number of nitrogens with one attached hydrogen (secondary N) is 4. The Morgan fingerprint density at radius 3 is 2.54 bits per heavy atom. The summed E-state index contributed by atoms with van der Waals surface area (Å²) in [6, 6.07) is 11.2. The van der Waals surface area contributed by atoms with E-state index in [1.54, 1.807) is 19.1 Å². The number of esters is 1. The molecule has 0 radical (unpaired) electrons. The smallest absolute Gasteiger partial charge is 0.319 e. The van der Waals surface area contributed by atoms with E-state index in [9.17, 15) is 9.59 Å². The number of amidine groups is 1. The minimum Gasteiger partial charge on any atom is -0.465 e. The molecule has 1 amide bonds. The van der Waals surface area contributed by atoms with Crippen molar-refractivity contribution in [2.45, 2.75) is 45.7 Å². The number of carbonyl (C=O) groups excluding carboxylic acids is 2. The molecule has 1 saturated heterocycles. The third kappa shape index (κ3) is 5.59. The first kappa shape index (κ1) is 26.2. The van der Waals surface area contributed by atoms with Crippen LogP contribution in [0.3, 0.4) is 0 Å². The molecule has 1 atom stereocenters. The highest BCUT2D eigenvalue weighted by atomic mass is 16.5. The number of nitrogen functional groups attached to an aromatic ring is 1. The lowest BCUT2D eigenvalue weighted by molar-refractivity contribution is -0.143. The number of nitrogens with zero attached hydrogens (tertiary/aromatic N) is 2. The Kier molecular flexibility index (Phi) is 7.77. The van der Waals surface area contributed by atoms with Crippen LogP contribution in [0.1, 0.15) is 49.2 Å². The van der Waals surface area contributed by atoms with Gasteiger partial charge in [-0.2, -0.15) is 0 Å². The molecule has 0 aliphatic carbocycles. The fourth-order valence-corrected chi connectivity index (χ4v) is 4.83. The molecule has 1 fully saturated rings. The van der Waals surface area contributed by atoms with Crippen molar-refractivity contribution in [1.82, 2.24) is 20.2 Å². The Morgan fingerprint density at radius 1 is 1.19 bits per heavy atom. The number of amides is 1. The van der Waals surface area contributed by atoms with Crippen LogP contribution in [0, 0.1) is 12.3 Å². The number of benzene rings is 2. The summed E-state index contributed by atoms with van der Waals surface area (Å²) in [6.45, 7) is 7.65. The van der Waals surface area contributed by atoms with E-state index in [0.29, 0.717) is 25.2 Å². The van der Waals surface area contributed by atoms with E-state index in [2.05, 4.69) is 15.6 Å². The van der Waals surface area contributed by atoms with E-state index in [1.807, 2.05) is 43.0 Å². The minimum atomic E-state index is -1.11. The van der Waals surface area contributed by atoms with Crippen molar-refractivity contribution in [2.24, 2.45) is 5.73 Å². The number of ether oxygens (including phenoxy) is 1. The quantitative estimate of drug-likeness (QED) is 0.162. The van der Waals surface area contributed by atoms with Crippen LogP contribution in [0.25, 0.3) is 11.0 Å². The van der Waals surface area contributed by atoms with Gasteiger partial charge in [0, 0.05) is 24.3 Å². The van der Waals surface area contributed by atoms with Gasteiger partial charge in [0.1, 0.15) is 17.2 Å². The third-order valence-corrected chi connectivity index (χ3v) is 6.86. The van der Waals surface area contributed by atoms with Crippen molar-refractivity contribution in [1.29, 1.82) is 5.41 Å². The van der Waals surface area contributed by atoms with Gasteiger partial charge in [-0.1, -0.05) is 6.07 Å². The Hall–Kier alpha value is -3.92. The lowest BCUT2D eigenvalue weighted by Crippen LogP contribution is -2.54. The number of hydrogen-bond acceptors (Lipinski definition) is 7. The number of nitrogens with two attached hydrogens (primary N) is 1. The first-order valence-corrected chi connectivity index (χ1v) is 12.6. The van der Waals surface area contributed by atoms with Gasteiger partial charge >= 0.3 is 5.97 Å². The molecule has 0 saturated carbocycles. The predicted molar refractivity (Wildman–Crippen MR) is 143 cm³/mol. The maximum absolute atomic E-state index is 13.7. The summed E-state index contributed by atoms with van der Waals surface area (Å²) in [5.74, 6) is 0.328. The summed E-state index contributed by atoms with van der Waals surface area (Å²) >= 11 is 0. The second-order valence-electron chi connectivity index (χ2n) is 9.45. The van der Waals surface area contributed by atoms with Crippen LogP contribution in [0.2, 0.25) is 0 Å². The Labute approximate surface area is 216 Å². The van der Waals surface area contributed by atoms with Gasteiger partial charge in [-0.15, -0.1) is 0 Å². The molecule has 196 valence electrons. The van der Waals surface area contributed by atoms with Crippen LogP contribution in [-0.2, 0) is 26.4 Å². The van der Waals surface area contributed by atoms with Crippen LogP contribution in [0.4, 0.5) is 5.69 Å². The van der Waals surface area contributed by atoms with Crippen molar-refractivity contribution < 1.29 is 14.3 Å². The van der Waals surface area contributed by atoms with Gasteiger partial charge in [-0.05, 0) is 75.1 Å². The number of aromatic nitrogens is 2. The zero-order valence-electron chi connectivity index (χ0n) is 21.6. The van der Waals surface area contributed by atoms with Crippen molar-refractivity contribution in [2.75, 3.05) is 31.6 Å². The molecule has 1 aliphatic heterocycles. The SMILES string of the molecule is CCOC(=O)CN[C@@](C)(C(=O)N1CCCC1)c1ccc2[nH]c(CNc3ccc(C(=N)N)cc3)nc2c1C. The molecule has 37 heavy (non-hydrogen) atoms. The van der Waals surface area contributed by atoms with Crippen LogP contribution in [0.15, 0.2) is 36.4 Å². The molecule has 10 nitrogen and oxygen atoms in total. The number of anilines is 1. The molecule has 2 heterocycles. The van der Waals surface area contributed by atoms with Crippen molar-refractivity contribution in [3.05, 3.63) is 58.9 Å². The van der Waals surface area contributed by atoms with E-state index in [0.717, 1.165) is 46.5 Å². The van der Waals surface area contributed by atoms with Gasteiger partial charge < -0.3 is 25.7 Å². The average Bonchev–Trinajstić information content (AvgIpc) is 3.57. The van der Waals surface area contributed by atoms with Crippen LogP contribution >= 0.6 is 0 Å². The number of hydrogen-bond donors (Lipinski definition) is 5. The summed E-state index contributed by atoms with van der Waals surface area (Å²) in [7, 11) is 0. The monoisotopic (exact) mass is 505 g/mol. The predicted octanol–water partition coefficient (Wildman–Crippen LogP) is 2.76. The lowest BCUT2D eigenvalue weighted by Gasteiger charge is -2.35.